The van der Waals surface area contributed by atoms with E-state index in [0.29, 0.717) is 26.3 Å². The summed E-state index contributed by atoms with van der Waals surface area (Å²) in [6.45, 7) is -2.94. The Morgan fingerprint density at radius 1 is 1.06 bits per heavy atom. The van der Waals surface area contributed by atoms with Gasteiger partial charge in [-0.05, 0) is 6.07 Å². The van der Waals surface area contributed by atoms with Crippen molar-refractivity contribution in [1.29, 1.82) is 0 Å². The molecule has 88 valence electrons. The van der Waals surface area contributed by atoms with E-state index in [-0.39, 0.29) is 5.69 Å². The number of anilines is 1. The zero-order valence-electron chi connectivity index (χ0n) is 8.70. The summed E-state index contributed by atoms with van der Waals surface area (Å²) in [4.78, 5) is 1.73. The van der Waals surface area contributed by atoms with Gasteiger partial charge in [-0.2, -0.15) is 0 Å². The first-order chi connectivity index (χ1) is 7.59. The molecule has 0 aromatic heterocycles. The van der Waals surface area contributed by atoms with Gasteiger partial charge in [0.2, 0.25) is 0 Å². The first-order valence-corrected chi connectivity index (χ1v) is 5.20. The molecule has 6 heteroatoms. The van der Waals surface area contributed by atoms with E-state index in [1.807, 2.05) is 0 Å². The quantitative estimate of drug-likeness (QED) is 0.715. The lowest BCUT2D eigenvalue weighted by atomic mass is 9.78. The molecule has 0 bridgehead atoms. The lowest BCUT2D eigenvalue weighted by molar-refractivity contribution is 0.123. The van der Waals surface area contributed by atoms with Crippen LogP contribution in [-0.4, -0.2) is 33.3 Å². The molecule has 0 radical (unpaired) electrons. The highest BCUT2D eigenvalue weighted by Crippen LogP contribution is 2.20. The topological polar surface area (TPSA) is 12.5 Å². The van der Waals surface area contributed by atoms with Gasteiger partial charge in [0, 0.05) is 18.8 Å². The molecule has 1 aliphatic heterocycles. The minimum Gasteiger partial charge on any atom is -0.445 e. The van der Waals surface area contributed by atoms with Gasteiger partial charge < -0.3 is 22.6 Å². The molecular weight excluding hydrogens is 218 g/mol. The SMILES string of the molecule is F[B-](F)(F)c1ccccc1N1CCOCC1. The van der Waals surface area contributed by atoms with Crippen molar-refractivity contribution in [3.63, 3.8) is 0 Å². The Bertz CT molecular complexity index is 363. The third kappa shape index (κ3) is 2.32. The smallest absolute Gasteiger partial charge is 0.445 e. The maximum Gasteiger partial charge on any atom is 0.511 e. The first kappa shape index (κ1) is 11.3. The number of para-hydroxylation sites is 1. The third-order valence-electron chi connectivity index (χ3n) is 2.64. The molecule has 1 aliphatic rings. The Morgan fingerprint density at radius 3 is 2.31 bits per heavy atom. The second-order valence-corrected chi connectivity index (χ2v) is 3.73. The molecule has 0 N–H and O–H groups in total. The van der Waals surface area contributed by atoms with Crippen LogP contribution in [0, 0.1) is 0 Å². The van der Waals surface area contributed by atoms with Crippen molar-refractivity contribution in [3.05, 3.63) is 24.3 Å². The molecule has 0 atom stereocenters. The van der Waals surface area contributed by atoms with Crippen molar-refractivity contribution >= 4 is 18.1 Å². The summed E-state index contributed by atoms with van der Waals surface area (Å²) in [5, 5.41) is 0. The maximum atomic E-state index is 12.8. The van der Waals surface area contributed by atoms with Crippen LogP contribution in [0.5, 0.6) is 0 Å². The van der Waals surface area contributed by atoms with Crippen LogP contribution in [0.25, 0.3) is 0 Å². The number of halogens is 3. The summed E-state index contributed by atoms with van der Waals surface area (Å²) in [6.07, 6.45) is 0. The number of benzene rings is 1. The summed E-state index contributed by atoms with van der Waals surface area (Å²) in [6, 6.07) is 5.73. The summed E-state index contributed by atoms with van der Waals surface area (Å²) < 4.78 is 43.6. The van der Waals surface area contributed by atoms with Gasteiger partial charge in [0.05, 0.1) is 13.2 Å². The predicted octanol–water partition coefficient (Wildman–Crippen LogP) is 1.58. The number of ether oxygens (including phenoxy) is 1. The van der Waals surface area contributed by atoms with E-state index in [9.17, 15) is 12.9 Å². The molecular formula is C10H12BF3NO-. The zero-order chi connectivity index (χ0) is 11.6. The van der Waals surface area contributed by atoms with E-state index >= 15 is 0 Å². The fourth-order valence-electron chi connectivity index (χ4n) is 1.86. The van der Waals surface area contributed by atoms with Crippen molar-refractivity contribution in [2.45, 2.75) is 0 Å². The van der Waals surface area contributed by atoms with Gasteiger partial charge in [0.15, 0.2) is 0 Å². The molecule has 2 rings (SSSR count). The third-order valence-corrected chi connectivity index (χ3v) is 2.64. The Hall–Kier alpha value is -1.17. The molecule has 0 amide bonds. The minimum absolute atomic E-state index is 0.276. The number of hydrogen-bond donors (Lipinski definition) is 0. The molecule has 2 nitrogen and oxygen atoms in total. The fourth-order valence-corrected chi connectivity index (χ4v) is 1.86. The normalized spacial score (nSPS) is 17.6. The lowest BCUT2D eigenvalue weighted by Crippen LogP contribution is -2.44. The molecule has 0 spiro atoms. The highest BCUT2D eigenvalue weighted by atomic mass is 19.4. The van der Waals surface area contributed by atoms with Gasteiger partial charge in [0.1, 0.15) is 0 Å². The fraction of sp³-hybridized carbons (Fsp3) is 0.400. The van der Waals surface area contributed by atoms with Crippen molar-refractivity contribution in [1.82, 2.24) is 0 Å². The number of hydrogen-bond acceptors (Lipinski definition) is 2. The zero-order valence-corrected chi connectivity index (χ0v) is 8.70. The standard InChI is InChI=1S/C10H12BF3NO/c12-11(13,14)9-3-1-2-4-10(9)15-5-7-16-8-6-15/h1-4H,5-8H2/q-1. The number of nitrogens with zero attached hydrogens (tertiary/aromatic N) is 1. The highest BCUT2D eigenvalue weighted by molar-refractivity contribution is 6.75. The summed E-state index contributed by atoms with van der Waals surface area (Å²) >= 11 is 0. The average Bonchev–Trinajstić information content (AvgIpc) is 2.29. The second kappa shape index (κ2) is 4.37. The van der Waals surface area contributed by atoms with Crippen LogP contribution >= 0.6 is 0 Å². The van der Waals surface area contributed by atoms with Crippen molar-refractivity contribution < 1.29 is 17.7 Å². The molecule has 1 aromatic rings. The van der Waals surface area contributed by atoms with Crippen LogP contribution in [0.1, 0.15) is 0 Å². The van der Waals surface area contributed by atoms with E-state index in [0.717, 1.165) is 6.07 Å². The van der Waals surface area contributed by atoms with Crippen LogP contribution in [-0.2, 0) is 4.74 Å². The maximum absolute atomic E-state index is 12.8. The van der Waals surface area contributed by atoms with Crippen LogP contribution < -0.4 is 10.4 Å². The van der Waals surface area contributed by atoms with E-state index in [4.69, 9.17) is 4.74 Å². The Morgan fingerprint density at radius 2 is 1.69 bits per heavy atom. The van der Waals surface area contributed by atoms with E-state index in [2.05, 4.69) is 0 Å². The highest BCUT2D eigenvalue weighted by Gasteiger charge is 2.29. The van der Waals surface area contributed by atoms with Crippen molar-refractivity contribution in [3.8, 4) is 0 Å². The van der Waals surface area contributed by atoms with Gasteiger partial charge in [0.25, 0.3) is 0 Å². The van der Waals surface area contributed by atoms with Gasteiger partial charge in [-0.1, -0.05) is 23.7 Å². The Balaban J connectivity index is 2.32. The van der Waals surface area contributed by atoms with Gasteiger partial charge in [-0.3, -0.25) is 0 Å². The van der Waals surface area contributed by atoms with Gasteiger partial charge in [-0.25, -0.2) is 0 Å². The summed E-state index contributed by atoms with van der Waals surface area (Å²) in [7, 11) is 0. The minimum atomic E-state index is -4.95. The van der Waals surface area contributed by atoms with E-state index in [1.165, 1.54) is 12.1 Å². The molecule has 1 saturated heterocycles. The Kier molecular flexibility index (Phi) is 3.09. The molecule has 0 saturated carbocycles. The monoisotopic (exact) mass is 230 g/mol. The average molecular weight is 230 g/mol. The van der Waals surface area contributed by atoms with Crippen LogP contribution in [0.2, 0.25) is 0 Å². The molecule has 1 fully saturated rings. The number of rotatable bonds is 2. The van der Waals surface area contributed by atoms with Crippen LogP contribution in [0.15, 0.2) is 24.3 Å². The van der Waals surface area contributed by atoms with E-state index in [1.54, 1.807) is 11.0 Å². The molecule has 16 heavy (non-hydrogen) atoms. The Labute approximate surface area is 92.1 Å². The van der Waals surface area contributed by atoms with Crippen LogP contribution in [0.4, 0.5) is 18.6 Å². The van der Waals surface area contributed by atoms with Gasteiger partial charge in [-0.15, -0.1) is 0 Å². The summed E-state index contributed by atoms with van der Waals surface area (Å²) in [5.74, 6) is 0. The van der Waals surface area contributed by atoms with Crippen LogP contribution in [0.3, 0.4) is 0 Å². The number of morpholine rings is 1. The largest absolute Gasteiger partial charge is 0.511 e. The summed E-state index contributed by atoms with van der Waals surface area (Å²) in [5.41, 5.74) is -0.234. The molecule has 1 heterocycles. The van der Waals surface area contributed by atoms with Crippen molar-refractivity contribution in [2.75, 3.05) is 31.2 Å². The molecule has 0 aliphatic carbocycles. The lowest BCUT2D eigenvalue weighted by Gasteiger charge is -2.33. The molecule has 0 unspecified atom stereocenters. The molecule has 1 aromatic carbocycles. The first-order valence-electron chi connectivity index (χ1n) is 5.20. The predicted molar refractivity (Wildman–Crippen MR) is 58.2 cm³/mol. The van der Waals surface area contributed by atoms with Crippen molar-refractivity contribution in [2.24, 2.45) is 0 Å². The second-order valence-electron chi connectivity index (χ2n) is 3.73. The van der Waals surface area contributed by atoms with E-state index < -0.39 is 12.4 Å². The van der Waals surface area contributed by atoms with Gasteiger partial charge >= 0.3 is 6.98 Å².